The minimum Gasteiger partial charge on any atom is -0.383 e. The number of rotatable bonds is 7. The van der Waals surface area contributed by atoms with Gasteiger partial charge in [-0.1, -0.05) is 46.9 Å². The van der Waals surface area contributed by atoms with E-state index in [2.05, 4.69) is 10.6 Å². The molecule has 2 rings (SSSR count). The molecule has 1 atom stereocenters. The molecular weight excluding hydrogens is 429 g/mol. The molecule has 2 N–H and O–H groups in total. The summed E-state index contributed by atoms with van der Waals surface area (Å²) < 4.78 is 28.3. The lowest BCUT2D eigenvalue weighted by molar-refractivity contribution is -0.121. The van der Waals surface area contributed by atoms with Crippen LogP contribution in [-0.4, -0.2) is 61.3 Å². The average molecular weight is 445 g/mol. The maximum absolute atomic E-state index is 12.4. The number of hydrogen-bond donors (Lipinski definition) is 2. The smallest absolute Gasteiger partial charge is 0.269 e. The summed E-state index contributed by atoms with van der Waals surface area (Å²) in [7, 11) is -2.62. The van der Waals surface area contributed by atoms with Crippen LogP contribution in [0.5, 0.6) is 0 Å². The number of nitrogens with one attached hydrogen (secondary N) is 2. The van der Waals surface area contributed by atoms with E-state index in [9.17, 15) is 18.0 Å². The second-order valence-corrected chi connectivity index (χ2v) is 9.50. The van der Waals surface area contributed by atoms with E-state index in [0.717, 1.165) is 0 Å². The molecule has 2 amide bonds. The lowest BCUT2D eigenvalue weighted by atomic mass is 10.2. The minimum absolute atomic E-state index is 0.0106. The summed E-state index contributed by atoms with van der Waals surface area (Å²) >= 11 is 17.4. The number of nitrogens with zero attached hydrogens (tertiary/aromatic N) is 1. The lowest BCUT2D eigenvalue weighted by Gasteiger charge is -2.27. The van der Waals surface area contributed by atoms with Crippen molar-refractivity contribution in [1.29, 1.82) is 0 Å². The Morgan fingerprint density at radius 2 is 1.96 bits per heavy atom. The van der Waals surface area contributed by atoms with Gasteiger partial charge in [-0.05, 0) is 12.1 Å². The quantitative estimate of drug-likeness (QED) is 0.367. The van der Waals surface area contributed by atoms with Crippen LogP contribution in [0, 0.1) is 0 Å². The molecule has 0 saturated heterocycles. The van der Waals surface area contributed by atoms with E-state index in [1.54, 1.807) is 0 Å². The number of hydrogen-bond acceptors (Lipinski definition) is 6. The standard InChI is InChI=1S/C14H16Cl3N3O5S/c1-25-7-6-18-13(14(15,16)17)19-11(21)8-20-12(22)9-4-2-3-5-10(9)26(20,23)24/h2-5,13,18H,6-8H2,1H3,(H,19,21)/t13-/m0/s1. The van der Waals surface area contributed by atoms with Crippen molar-refractivity contribution in [3.8, 4) is 0 Å². The Bertz CT molecular complexity index is 797. The van der Waals surface area contributed by atoms with E-state index < -0.39 is 38.3 Å². The highest BCUT2D eigenvalue weighted by Crippen LogP contribution is 2.31. The van der Waals surface area contributed by atoms with Crippen LogP contribution in [0.25, 0.3) is 0 Å². The van der Waals surface area contributed by atoms with E-state index in [0.29, 0.717) is 10.9 Å². The molecule has 0 aliphatic carbocycles. The number of benzene rings is 1. The highest BCUT2D eigenvalue weighted by molar-refractivity contribution is 7.90. The number of fused-ring (bicyclic) bond motifs is 1. The van der Waals surface area contributed by atoms with E-state index in [-0.39, 0.29) is 17.0 Å². The van der Waals surface area contributed by atoms with Crippen LogP contribution >= 0.6 is 34.8 Å². The second-order valence-electron chi connectivity index (χ2n) is 5.30. The summed E-state index contributed by atoms with van der Waals surface area (Å²) in [6.07, 6.45) is -1.11. The van der Waals surface area contributed by atoms with Gasteiger partial charge in [0.1, 0.15) is 17.6 Å². The number of amides is 2. The van der Waals surface area contributed by atoms with E-state index >= 15 is 0 Å². The summed E-state index contributed by atoms with van der Waals surface area (Å²) in [6.45, 7) is -0.178. The third-order valence-corrected chi connectivity index (χ3v) is 5.93. The molecule has 0 bridgehead atoms. The zero-order valence-electron chi connectivity index (χ0n) is 13.5. The van der Waals surface area contributed by atoms with Crippen LogP contribution in [-0.2, 0) is 19.6 Å². The molecule has 0 unspecified atom stereocenters. The van der Waals surface area contributed by atoms with Gasteiger partial charge >= 0.3 is 0 Å². The molecule has 1 heterocycles. The van der Waals surface area contributed by atoms with Crippen LogP contribution in [0.3, 0.4) is 0 Å². The Morgan fingerprint density at radius 3 is 2.54 bits per heavy atom. The van der Waals surface area contributed by atoms with Crippen LogP contribution in [0.15, 0.2) is 29.2 Å². The van der Waals surface area contributed by atoms with Gasteiger partial charge in [0.25, 0.3) is 15.9 Å². The molecule has 0 radical (unpaired) electrons. The predicted octanol–water partition coefficient (Wildman–Crippen LogP) is 0.880. The maximum Gasteiger partial charge on any atom is 0.269 e. The van der Waals surface area contributed by atoms with Crippen LogP contribution < -0.4 is 10.6 Å². The molecule has 12 heteroatoms. The number of methoxy groups -OCH3 is 1. The van der Waals surface area contributed by atoms with Crippen LogP contribution in [0.2, 0.25) is 0 Å². The number of ether oxygens (including phenoxy) is 1. The summed E-state index contributed by atoms with van der Waals surface area (Å²) in [4.78, 5) is 24.4. The van der Waals surface area contributed by atoms with Crippen molar-refractivity contribution in [2.24, 2.45) is 0 Å². The van der Waals surface area contributed by atoms with Crippen molar-refractivity contribution < 1.29 is 22.7 Å². The molecule has 8 nitrogen and oxygen atoms in total. The van der Waals surface area contributed by atoms with Crippen LogP contribution in [0.4, 0.5) is 0 Å². The minimum atomic E-state index is -4.10. The zero-order chi connectivity index (χ0) is 19.5. The molecular formula is C14H16Cl3N3O5S. The number of halogens is 3. The van der Waals surface area contributed by atoms with E-state index in [1.165, 1.54) is 31.4 Å². The van der Waals surface area contributed by atoms with Crippen molar-refractivity contribution in [1.82, 2.24) is 14.9 Å². The van der Waals surface area contributed by atoms with E-state index in [4.69, 9.17) is 39.5 Å². The molecule has 0 aromatic heterocycles. The average Bonchev–Trinajstić information content (AvgIpc) is 2.75. The topological polar surface area (TPSA) is 105 Å². The Balaban J connectivity index is 2.11. The largest absolute Gasteiger partial charge is 0.383 e. The normalized spacial score (nSPS) is 17.1. The number of sulfonamides is 1. The number of carbonyl (C=O) groups is 2. The predicted molar refractivity (Wildman–Crippen MR) is 96.8 cm³/mol. The van der Waals surface area contributed by atoms with Crippen molar-refractivity contribution in [2.45, 2.75) is 14.9 Å². The highest BCUT2D eigenvalue weighted by Gasteiger charge is 2.42. The molecule has 0 saturated carbocycles. The van der Waals surface area contributed by atoms with Gasteiger partial charge in [-0.25, -0.2) is 12.7 Å². The van der Waals surface area contributed by atoms with Gasteiger partial charge in [-0.3, -0.25) is 14.9 Å². The van der Waals surface area contributed by atoms with Gasteiger partial charge in [0, 0.05) is 13.7 Å². The summed E-state index contributed by atoms with van der Waals surface area (Å²) in [5.41, 5.74) is 0.0106. The molecule has 1 aromatic rings. The first-order valence-electron chi connectivity index (χ1n) is 7.33. The fraction of sp³-hybridized carbons (Fsp3) is 0.429. The Hall–Kier alpha value is -1.10. The van der Waals surface area contributed by atoms with Gasteiger partial charge in [-0.2, -0.15) is 0 Å². The first-order valence-corrected chi connectivity index (χ1v) is 9.91. The third kappa shape index (κ3) is 4.59. The second kappa shape index (κ2) is 8.28. The van der Waals surface area contributed by atoms with Gasteiger partial charge in [0.05, 0.1) is 12.2 Å². The SMILES string of the molecule is COCCN[C@@H](NC(=O)CN1C(=O)c2ccccc2S1(=O)=O)C(Cl)(Cl)Cl. The molecule has 1 aromatic carbocycles. The molecule has 1 aliphatic rings. The fourth-order valence-corrected chi connectivity index (χ4v) is 4.20. The highest BCUT2D eigenvalue weighted by atomic mass is 35.6. The van der Waals surface area contributed by atoms with Gasteiger partial charge in [-0.15, -0.1) is 0 Å². The molecule has 0 spiro atoms. The van der Waals surface area contributed by atoms with Crippen molar-refractivity contribution in [2.75, 3.05) is 26.8 Å². The molecule has 1 aliphatic heterocycles. The third-order valence-electron chi connectivity index (χ3n) is 3.49. The van der Waals surface area contributed by atoms with Crippen molar-refractivity contribution in [3.63, 3.8) is 0 Å². The zero-order valence-corrected chi connectivity index (χ0v) is 16.6. The van der Waals surface area contributed by atoms with Gasteiger partial charge < -0.3 is 10.1 Å². The number of alkyl halides is 3. The first-order chi connectivity index (χ1) is 12.1. The molecule has 0 fully saturated rings. The monoisotopic (exact) mass is 443 g/mol. The summed E-state index contributed by atoms with van der Waals surface area (Å²) in [6, 6.07) is 5.71. The Kier molecular flexibility index (Phi) is 6.75. The summed E-state index contributed by atoms with van der Waals surface area (Å²) in [5, 5.41) is 5.13. The van der Waals surface area contributed by atoms with Crippen LogP contribution in [0.1, 0.15) is 10.4 Å². The fourth-order valence-electron chi connectivity index (χ4n) is 2.28. The lowest BCUT2D eigenvalue weighted by Crippen LogP contribution is -2.56. The van der Waals surface area contributed by atoms with Crippen molar-refractivity contribution in [3.05, 3.63) is 29.8 Å². The number of carbonyl (C=O) groups excluding carboxylic acids is 2. The molecule has 144 valence electrons. The Morgan fingerprint density at radius 1 is 1.31 bits per heavy atom. The van der Waals surface area contributed by atoms with Crippen molar-refractivity contribution >= 4 is 56.6 Å². The van der Waals surface area contributed by atoms with Gasteiger partial charge in [0.2, 0.25) is 9.70 Å². The van der Waals surface area contributed by atoms with E-state index in [1.807, 2.05) is 0 Å². The summed E-state index contributed by atoms with van der Waals surface area (Å²) in [5.74, 6) is -1.59. The first kappa shape index (κ1) is 21.2. The Labute approximate surface area is 165 Å². The van der Waals surface area contributed by atoms with Gasteiger partial charge in [0.15, 0.2) is 0 Å². The molecule has 26 heavy (non-hydrogen) atoms. The maximum atomic E-state index is 12.4.